The van der Waals surface area contributed by atoms with Gasteiger partial charge >= 0.3 is 0 Å². The lowest BCUT2D eigenvalue weighted by atomic mass is 9.76. The molecule has 3 aliphatic rings. The molecule has 4 rings (SSSR count). The lowest BCUT2D eigenvalue weighted by molar-refractivity contribution is -0.142. The Hall–Kier alpha value is -2.11. The van der Waals surface area contributed by atoms with E-state index in [1.165, 1.54) is 6.42 Å². The summed E-state index contributed by atoms with van der Waals surface area (Å²) in [5.74, 6) is 2.25. The van der Waals surface area contributed by atoms with Gasteiger partial charge in [0.05, 0.1) is 5.56 Å². The van der Waals surface area contributed by atoms with Crippen LogP contribution in [0.2, 0.25) is 0 Å². The smallest absolute Gasteiger partial charge is 0.252 e. The van der Waals surface area contributed by atoms with Gasteiger partial charge in [0, 0.05) is 45.3 Å². The minimum absolute atomic E-state index is 0.110. The summed E-state index contributed by atoms with van der Waals surface area (Å²) in [6.07, 6.45) is 5.76. The fourth-order valence-corrected chi connectivity index (χ4v) is 4.65. The first-order valence-corrected chi connectivity index (χ1v) is 8.88. The Morgan fingerprint density at radius 1 is 1.29 bits per heavy atom. The number of anilines is 1. The van der Waals surface area contributed by atoms with E-state index in [1.54, 1.807) is 13.2 Å². The van der Waals surface area contributed by atoms with E-state index >= 15 is 0 Å². The van der Waals surface area contributed by atoms with E-state index in [0.717, 1.165) is 44.7 Å². The number of aromatic nitrogens is 1. The molecule has 3 atom stereocenters. The molecule has 0 aromatic carbocycles. The van der Waals surface area contributed by atoms with Crippen LogP contribution in [0.3, 0.4) is 0 Å². The highest BCUT2D eigenvalue weighted by atomic mass is 16.2. The monoisotopic (exact) mass is 328 g/mol. The lowest BCUT2D eigenvalue weighted by Crippen LogP contribution is -2.60. The highest BCUT2D eigenvalue weighted by molar-refractivity contribution is 5.93. The molecule has 2 bridgehead atoms. The number of rotatable bonds is 2. The second-order valence-corrected chi connectivity index (χ2v) is 7.26. The van der Waals surface area contributed by atoms with Crippen molar-refractivity contribution >= 4 is 17.6 Å². The third kappa shape index (κ3) is 2.64. The molecule has 0 spiro atoms. The van der Waals surface area contributed by atoms with Crippen LogP contribution in [-0.2, 0) is 4.79 Å². The van der Waals surface area contributed by atoms with Crippen molar-refractivity contribution in [3.63, 3.8) is 0 Å². The number of nitrogens with zero attached hydrogens (tertiary/aromatic N) is 3. The second kappa shape index (κ2) is 6.07. The Bertz CT molecular complexity index is 645. The van der Waals surface area contributed by atoms with Crippen LogP contribution in [0.4, 0.5) is 5.82 Å². The van der Waals surface area contributed by atoms with Crippen molar-refractivity contribution in [2.24, 2.45) is 11.8 Å². The average Bonchev–Trinajstić information content (AvgIpc) is 2.62. The third-order valence-electron chi connectivity index (χ3n) is 5.74. The van der Waals surface area contributed by atoms with Crippen molar-refractivity contribution < 1.29 is 9.59 Å². The van der Waals surface area contributed by atoms with E-state index in [4.69, 9.17) is 0 Å². The lowest BCUT2D eigenvalue weighted by Gasteiger charge is -2.52. The molecular formula is C18H24N4O2. The van der Waals surface area contributed by atoms with Gasteiger partial charge in [-0.15, -0.1) is 0 Å². The number of fused-ring (bicyclic) bond motifs is 4. The zero-order valence-corrected chi connectivity index (χ0v) is 14.1. The highest BCUT2D eigenvalue weighted by Gasteiger charge is 2.44. The molecule has 2 unspecified atom stereocenters. The van der Waals surface area contributed by atoms with Gasteiger partial charge in [0.25, 0.3) is 5.91 Å². The minimum Gasteiger partial charge on any atom is -0.356 e. The van der Waals surface area contributed by atoms with Gasteiger partial charge in [-0.2, -0.15) is 0 Å². The van der Waals surface area contributed by atoms with Crippen LogP contribution >= 0.6 is 0 Å². The predicted octanol–water partition coefficient (Wildman–Crippen LogP) is 1.28. The van der Waals surface area contributed by atoms with Crippen molar-refractivity contribution in [3.05, 3.63) is 23.9 Å². The molecule has 6 heteroatoms. The van der Waals surface area contributed by atoms with Gasteiger partial charge in [-0.1, -0.05) is 0 Å². The van der Waals surface area contributed by atoms with Crippen molar-refractivity contribution in [3.8, 4) is 0 Å². The standard InChI is InChI=1S/C18H24N4O2/c1-19-18(24)13-5-6-16(20-8-13)21-9-12-7-14(11-21)15-3-2-4-17(23)22(15)10-12/h5-6,8,12,14-15H,2-4,7,9-11H2,1H3,(H,19,24)/t12?,14?,15-/m1/s1. The summed E-state index contributed by atoms with van der Waals surface area (Å²) >= 11 is 0. The first-order chi connectivity index (χ1) is 11.7. The number of hydrogen-bond donors (Lipinski definition) is 1. The number of nitrogens with one attached hydrogen (secondary N) is 1. The quantitative estimate of drug-likeness (QED) is 0.888. The molecule has 1 N–H and O–H groups in total. The van der Waals surface area contributed by atoms with E-state index in [0.29, 0.717) is 29.3 Å². The van der Waals surface area contributed by atoms with E-state index in [9.17, 15) is 9.59 Å². The molecule has 24 heavy (non-hydrogen) atoms. The van der Waals surface area contributed by atoms with Crippen LogP contribution in [-0.4, -0.2) is 54.4 Å². The largest absolute Gasteiger partial charge is 0.356 e. The Kier molecular flexibility index (Phi) is 3.90. The fourth-order valence-electron chi connectivity index (χ4n) is 4.65. The van der Waals surface area contributed by atoms with Gasteiger partial charge in [0.2, 0.25) is 5.91 Å². The number of piperidine rings is 3. The van der Waals surface area contributed by atoms with Gasteiger partial charge < -0.3 is 15.1 Å². The minimum atomic E-state index is -0.110. The van der Waals surface area contributed by atoms with Gasteiger partial charge in [-0.3, -0.25) is 9.59 Å². The molecule has 1 aromatic rings. The predicted molar refractivity (Wildman–Crippen MR) is 90.8 cm³/mol. The summed E-state index contributed by atoms with van der Waals surface area (Å²) < 4.78 is 0. The van der Waals surface area contributed by atoms with Crippen LogP contribution in [0, 0.1) is 11.8 Å². The molecule has 0 aliphatic carbocycles. The van der Waals surface area contributed by atoms with E-state index in [2.05, 4.69) is 20.1 Å². The maximum absolute atomic E-state index is 12.2. The van der Waals surface area contributed by atoms with Gasteiger partial charge in [-0.25, -0.2) is 4.98 Å². The van der Waals surface area contributed by atoms with Gasteiger partial charge in [-0.05, 0) is 43.2 Å². The van der Waals surface area contributed by atoms with Crippen molar-refractivity contribution in [2.75, 3.05) is 31.6 Å². The highest BCUT2D eigenvalue weighted by Crippen LogP contribution is 2.38. The first kappa shape index (κ1) is 15.4. The number of pyridine rings is 1. The summed E-state index contributed by atoms with van der Waals surface area (Å²) in [6.45, 7) is 2.80. The average molecular weight is 328 g/mol. The Balaban J connectivity index is 1.51. The molecule has 0 saturated carbocycles. The molecule has 0 radical (unpaired) electrons. The van der Waals surface area contributed by atoms with Crippen molar-refractivity contribution in [1.82, 2.24) is 15.2 Å². The van der Waals surface area contributed by atoms with E-state index in [-0.39, 0.29) is 5.91 Å². The van der Waals surface area contributed by atoms with Crippen LogP contribution < -0.4 is 10.2 Å². The molecule has 1 aromatic heterocycles. The zero-order chi connectivity index (χ0) is 16.7. The molecular weight excluding hydrogens is 304 g/mol. The summed E-state index contributed by atoms with van der Waals surface area (Å²) in [7, 11) is 1.62. The maximum atomic E-state index is 12.2. The molecule has 2 amide bonds. The number of amides is 2. The summed E-state index contributed by atoms with van der Waals surface area (Å²) in [5.41, 5.74) is 0.586. The van der Waals surface area contributed by atoms with E-state index < -0.39 is 0 Å². The first-order valence-electron chi connectivity index (χ1n) is 8.88. The Morgan fingerprint density at radius 3 is 2.92 bits per heavy atom. The Labute approximate surface area is 142 Å². The van der Waals surface area contributed by atoms with Crippen LogP contribution in [0.15, 0.2) is 18.3 Å². The second-order valence-electron chi connectivity index (χ2n) is 7.26. The summed E-state index contributed by atoms with van der Waals surface area (Å²) in [5, 5.41) is 2.62. The number of hydrogen-bond acceptors (Lipinski definition) is 4. The number of carbonyl (C=O) groups excluding carboxylic acids is 2. The van der Waals surface area contributed by atoms with Gasteiger partial charge in [0.15, 0.2) is 0 Å². The van der Waals surface area contributed by atoms with Crippen molar-refractivity contribution in [2.45, 2.75) is 31.7 Å². The summed E-state index contributed by atoms with van der Waals surface area (Å²) in [6, 6.07) is 4.19. The molecule has 4 heterocycles. The number of carbonyl (C=O) groups is 2. The van der Waals surface area contributed by atoms with Gasteiger partial charge in [0.1, 0.15) is 5.82 Å². The van der Waals surface area contributed by atoms with Crippen LogP contribution in [0.1, 0.15) is 36.0 Å². The molecule has 128 valence electrons. The molecule has 6 nitrogen and oxygen atoms in total. The van der Waals surface area contributed by atoms with E-state index in [1.807, 2.05) is 12.1 Å². The maximum Gasteiger partial charge on any atom is 0.252 e. The third-order valence-corrected chi connectivity index (χ3v) is 5.74. The Morgan fingerprint density at radius 2 is 2.17 bits per heavy atom. The van der Waals surface area contributed by atoms with Crippen molar-refractivity contribution in [1.29, 1.82) is 0 Å². The fraction of sp³-hybridized carbons (Fsp3) is 0.611. The molecule has 3 aliphatic heterocycles. The molecule has 3 fully saturated rings. The van der Waals surface area contributed by atoms with Crippen LogP contribution in [0.25, 0.3) is 0 Å². The van der Waals surface area contributed by atoms with Crippen LogP contribution in [0.5, 0.6) is 0 Å². The normalized spacial score (nSPS) is 29.2. The SMILES string of the molecule is CNC(=O)c1ccc(N2CC3CC(C2)[C@H]2CCCC(=O)N2C3)nc1. The topological polar surface area (TPSA) is 65.5 Å². The zero-order valence-electron chi connectivity index (χ0n) is 14.1. The summed E-state index contributed by atoms with van der Waals surface area (Å²) in [4.78, 5) is 32.8. The molecule has 3 saturated heterocycles.